The molecule has 15 heavy (non-hydrogen) atoms. The molecule has 4 heteroatoms. The van der Waals surface area contributed by atoms with Crippen LogP contribution in [0.3, 0.4) is 0 Å². The lowest BCUT2D eigenvalue weighted by molar-refractivity contribution is 0.873. The van der Waals surface area contributed by atoms with E-state index in [-0.39, 0.29) is 5.92 Å². The Morgan fingerprint density at radius 3 is 2.47 bits per heavy atom. The van der Waals surface area contributed by atoms with Crippen molar-refractivity contribution in [2.24, 2.45) is 16.6 Å². The van der Waals surface area contributed by atoms with Crippen LogP contribution in [0.25, 0.3) is 0 Å². The van der Waals surface area contributed by atoms with Crippen LogP contribution in [0.15, 0.2) is 17.1 Å². The second-order valence-corrected chi connectivity index (χ2v) is 4.50. The monoisotopic (exact) mass is 244 g/mol. The van der Waals surface area contributed by atoms with Crippen LogP contribution in [0.2, 0.25) is 10.0 Å². The molecule has 1 aromatic rings. The number of aryl methyl sites for hydroxylation is 1. The maximum atomic E-state index is 6.10. The molecule has 0 amide bonds. The molecule has 0 atom stereocenters. The highest BCUT2D eigenvalue weighted by molar-refractivity contribution is 6.39. The summed E-state index contributed by atoms with van der Waals surface area (Å²) in [4.78, 5) is 4.25. The third kappa shape index (κ3) is 2.86. The number of nitrogens with two attached hydrogens (primary N) is 1. The normalized spacial score (nSPS) is 12.3. The molecule has 0 heterocycles. The Kier molecular flexibility index (Phi) is 4.00. The average Bonchev–Trinajstić information content (AvgIpc) is 2.18. The van der Waals surface area contributed by atoms with E-state index in [2.05, 4.69) is 4.99 Å². The molecule has 82 valence electrons. The van der Waals surface area contributed by atoms with Gasteiger partial charge in [0.05, 0.1) is 10.0 Å². The molecule has 1 rings (SSSR count). The lowest BCUT2D eigenvalue weighted by atomic mass is 10.2. The van der Waals surface area contributed by atoms with Gasteiger partial charge in [-0.05, 0) is 18.6 Å². The van der Waals surface area contributed by atoms with E-state index in [1.54, 1.807) is 6.07 Å². The van der Waals surface area contributed by atoms with Gasteiger partial charge in [0.2, 0.25) is 0 Å². The smallest absolute Gasteiger partial charge is 0.103 e. The molecule has 1 aromatic carbocycles. The second-order valence-electron chi connectivity index (χ2n) is 3.72. The van der Waals surface area contributed by atoms with E-state index in [4.69, 9.17) is 28.9 Å². The van der Waals surface area contributed by atoms with Gasteiger partial charge in [-0.1, -0.05) is 43.1 Å². The van der Waals surface area contributed by atoms with Crippen LogP contribution in [0.1, 0.15) is 19.4 Å². The number of rotatable bonds is 2. The molecule has 0 radical (unpaired) electrons. The Morgan fingerprint density at radius 2 is 1.93 bits per heavy atom. The van der Waals surface area contributed by atoms with E-state index < -0.39 is 0 Å². The summed E-state index contributed by atoms with van der Waals surface area (Å²) >= 11 is 12.1. The Morgan fingerprint density at radius 1 is 1.33 bits per heavy atom. The summed E-state index contributed by atoms with van der Waals surface area (Å²) in [5.41, 5.74) is 7.27. The molecule has 2 N–H and O–H groups in total. The zero-order valence-corrected chi connectivity index (χ0v) is 10.5. The predicted octanol–water partition coefficient (Wildman–Crippen LogP) is 3.95. The van der Waals surface area contributed by atoms with Crippen molar-refractivity contribution in [3.8, 4) is 0 Å². The van der Waals surface area contributed by atoms with Crippen molar-refractivity contribution >= 4 is 34.7 Å². The van der Waals surface area contributed by atoms with Crippen molar-refractivity contribution < 1.29 is 0 Å². The van der Waals surface area contributed by atoms with Crippen molar-refractivity contribution in [3.63, 3.8) is 0 Å². The summed E-state index contributed by atoms with van der Waals surface area (Å²) in [5.74, 6) is 0.710. The molecule has 2 nitrogen and oxygen atoms in total. The van der Waals surface area contributed by atoms with Crippen molar-refractivity contribution in [3.05, 3.63) is 27.7 Å². The standard InChI is InChI=1S/C11H14Cl2N2/c1-6(2)11(14)15-10-8(12)5-4-7(3)9(10)13/h4-6H,1-3H3,(H2,14,15). The first kappa shape index (κ1) is 12.3. The Balaban J connectivity index is 3.26. The summed E-state index contributed by atoms with van der Waals surface area (Å²) in [6, 6.07) is 3.63. The Labute approximate surface area is 100 Å². The van der Waals surface area contributed by atoms with Gasteiger partial charge in [-0.2, -0.15) is 0 Å². The second kappa shape index (κ2) is 4.86. The minimum absolute atomic E-state index is 0.178. The first-order valence-corrected chi connectivity index (χ1v) is 5.47. The Bertz CT molecular complexity index is 398. The van der Waals surface area contributed by atoms with Gasteiger partial charge in [0, 0.05) is 5.92 Å². The van der Waals surface area contributed by atoms with Crippen molar-refractivity contribution in [2.75, 3.05) is 0 Å². The molecule has 0 aliphatic carbocycles. The molecule has 0 unspecified atom stereocenters. The quantitative estimate of drug-likeness (QED) is 0.621. The van der Waals surface area contributed by atoms with Crippen LogP contribution in [0.5, 0.6) is 0 Å². The largest absolute Gasteiger partial charge is 0.387 e. The fraction of sp³-hybridized carbons (Fsp3) is 0.364. The molecule has 0 aliphatic heterocycles. The summed E-state index contributed by atoms with van der Waals surface area (Å²) < 4.78 is 0. The number of amidine groups is 1. The topological polar surface area (TPSA) is 38.4 Å². The van der Waals surface area contributed by atoms with E-state index in [1.165, 1.54) is 0 Å². The van der Waals surface area contributed by atoms with Gasteiger partial charge in [0.15, 0.2) is 0 Å². The van der Waals surface area contributed by atoms with Crippen LogP contribution in [0, 0.1) is 12.8 Å². The van der Waals surface area contributed by atoms with Gasteiger partial charge < -0.3 is 5.73 Å². The molecular formula is C11H14Cl2N2. The SMILES string of the molecule is Cc1ccc(Cl)c(N=C(N)C(C)C)c1Cl. The van der Waals surface area contributed by atoms with Crippen molar-refractivity contribution in [1.29, 1.82) is 0 Å². The number of hydrogen-bond donors (Lipinski definition) is 1. The highest BCUT2D eigenvalue weighted by Gasteiger charge is 2.09. The number of aliphatic imine (C=N–C) groups is 1. The molecule has 0 bridgehead atoms. The molecule has 0 aliphatic rings. The van der Waals surface area contributed by atoms with E-state index in [0.29, 0.717) is 21.6 Å². The van der Waals surface area contributed by atoms with Crippen molar-refractivity contribution in [2.45, 2.75) is 20.8 Å². The summed E-state index contributed by atoms with van der Waals surface area (Å²) in [5, 5.41) is 1.08. The van der Waals surface area contributed by atoms with Gasteiger partial charge in [-0.3, -0.25) is 0 Å². The summed E-state index contributed by atoms with van der Waals surface area (Å²) in [6.45, 7) is 5.84. The summed E-state index contributed by atoms with van der Waals surface area (Å²) in [7, 11) is 0. The van der Waals surface area contributed by atoms with E-state index in [9.17, 15) is 0 Å². The maximum absolute atomic E-state index is 6.10. The van der Waals surface area contributed by atoms with Crippen LogP contribution in [-0.2, 0) is 0 Å². The summed E-state index contributed by atoms with van der Waals surface area (Å²) in [6.07, 6.45) is 0. The highest BCUT2D eigenvalue weighted by atomic mass is 35.5. The minimum atomic E-state index is 0.178. The third-order valence-electron chi connectivity index (χ3n) is 2.09. The number of hydrogen-bond acceptors (Lipinski definition) is 1. The number of nitrogens with zero attached hydrogens (tertiary/aromatic N) is 1. The van der Waals surface area contributed by atoms with Gasteiger partial charge in [0.25, 0.3) is 0 Å². The van der Waals surface area contributed by atoms with Crippen LogP contribution < -0.4 is 5.73 Å². The molecule has 0 saturated heterocycles. The fourth-order valence-electron chi connectivity index (χ4n) is 1.00. The van der Waals surface area contributed by atoms with Gasteiger partial charge in [-0.15, -0.1) is 0 Å². The lowest BCUT2D eigenvalue weighted by Crippen LogP contribution is -2.18. The highest BCUT2D eigenvalue weighted by Crippen LogP contribution is 2.35. The number of halogens is 2. The average molecular weight is 245 g/mol. The van der Waals surface area contributed by atoms with E-state index >= 15 is 0 Å². The van der Waals surface area contributed by atoms with Gasteiger partial charge in [-0.25, -0.2) is 4.99 Å². The van der Waals surface area contributed by atoms with Crippen LogP contribution in [-0.4, -0.2) is 5.84 Å². The van der Waals surface area contributed by atoms with Crippen LogP contribution in [0.4, 0.5) is 5.69 Å². The third-order valence-corrected chi connectivity index (χ3v) is 2.87. The fourth-order valence-corrected chi connectivity index (χ4v) is 1.46. The molecule has 0 fully saturated rings. The van der Waals surface area contributed by atoms with Gasteiger partial charge in [0.1, 0.15) is 11.5 Å². The van der Waals surface area contributed by atoms with E-state index in [1.807, 2.05) is 26.8 Å². The molecular weight excluding hydrogens is 231 g/mol. The minimum Gasteiger partial charge on any atom is -0.387 e. The van der Waals surface area contributed by atoms with E-state index in [0.717, 1.165) is 5.56 Å². The molecule has 0 aromatic heterocycles. The van der Waals surface area contributed by atoms with Crippen LogP contribution >= 0.6 is 23.2 Å². The number of benzene rings is 1. The maximum Gasteiger partial charge on any atom is 0.103 e. The molecule has 0 saturated carbocycles. The lowest BCUT2D eigenvalue weighted by Gasteiger charge is -2.08. The molecule has 0 spiro atoms. The Hall–Kier alpha value is -0.730. The first-order valence-electron chi connectivity index (χ1n) is 4.72. The predicted molar refractivity (Wildman–Crippen MR) is 67.3 cm³/mol. The zero-order chi connectivity index (χ0) is 11.6. The van der Waals surface area contributed by atoms with Gasteiger partial charge >= 0.3 is 0 Å². The zero-order valence-electron chi connectivity index (χ0n) is 9.01. The first-order chi connectivity index (χ1) is 6.93. The van der Waals surface area contributed by atoms with Crippen molar-refractivity contribution in [1.82, 2.24) is 0 Å².